The molecule has 2 aliphatic heterocycles. The minimum atomic E-state index is -0.617. The number of piperidine rings is 1. The van der Waals surface area contributed by atoms with Gasteiger partial charge in [-0.2, -0.15) is 0 Å². The van der Waals surface area contributed by atoms with Gasteiger partial charge in [-0.1, -0.05) is 18.2 Å². The van der Waals surface area contributed by atoms with E-state index in [0.29, 0.717) is 25.9 Å². The summed E-state index contributed by atoms with van der Waals surface area (Å²) in [4.78, 5) is 15.6. The highest BCUT2D eigenvalue weighted by Gasteiger charge is 2.49. The lowest BCUT2D eigenvalue weighted by atomic mass is 9.84. The molecule has 1 aromatic rings. The zero-order chi connectivity index (χ0) is 13.5. The molecule has 1 fully saturated rings. The van der Waals surface area contributed by atoms with E-state index >= 15 is 0 Å². The smallest absolute Gasteiger partial charge is 0.255 e. The van der Waals surface area contributed by atoms with Gasteiger partial charge in [0, 0.05) is 11.8 Å². The zero-order valence-electron chi connectivity index (χ0n) is 10.6. The summed E-state index contributed by atoms with van der Waals surface area (Å²) in [6, 6.07) is 9.47. The predicted octanol–water partition coefficient (Wildman–Crippen LogP) is 1.39. The molecule has 1 saturated heterocycles. The van der Waals surface area contributed by atoms with Crippen molar-refractivity contribution in [2.45, 2.75) is 18.4 Å². The molecular weight excluding hydrogens is 239 g/mol. The van der Waals surface area contributed by atoms with Gasteiger partial charge in [-0.05, 0) is 38.1 Å². The van der Waals surface area contributed by atoms with Gasteiger partial charge < -0.3 is 9.92 Å². The Morgan fingerprint density at radius 1 is 1.16 bits per heavy atom. The van der Waals surface area contributed by atoms with E-state index in [1.165, 1.54) is 6.08 Å². The number of carbonyl (C=O) groups is 1. The number of benzene rings is 1. The van der Waals surface area contributed by atoms with Crippen LogP contribution < -0.4 is 4.90 Å². The molecular formula is C14H15BN2O2. The molecule has 5 heteroatoms. The number of aliphatic hydroxyl groups is 1. The summed E-state index contributed by atoms with van der Waals surface area (Å²) in [5.41, 5.74) is 0.201. The van der Waals surface area contributed by atoms with Gasteiger partial charge in [0.05, 0.1) is 0 Å². The van der Waals surface area contributed by atoms with E-state index in [0.717, 1.165) is 5.69 Å². The number of carbonyl (C=O) groups excluding carboxylic acids is 1. The second-order valence-corrected chi connectivity index (χ2v) is 5.11. The van der Waals surface area contributed by atoms with E-state index in [-0.39, 0.29) is 11.7 Å². The molecule has 2 aliphatic rings. The number of anilines is 1. The van der Waals surface area contributed by atoms with Crippen LogP contribution in [0.3, 0.4) is 0 Å². The maximum atomic E-state index is 12.2. The normalized spacial score (nSPS) is 22.8. The third-order valence-electron chi connectivity index (χ3n) is 4.02. The number of aliphatic hydroxyl groups excluding tert-OH is 1. The molecule has 3 rings (SSSR count). The molecule has 2 heterocycles. The largest absolute Gasteiger partial charge is 0.510 e. The van der Waals surface area contributed by atoms with E-state index in [1.54, 1.807) is 9.71 Å². The highest BCUT2D eigenvalue weighted by atomic mass is 16.3. The Morgan fingerprint density at radius 2 is 1.79 bits per heavy atom. The Balaban J connectivity index is 2.00. The van der Waals surface area contributed by atoms with Crippen LogP contribution in [-0.2, 0) is 4.79 Å². The van der Waals surface area contributed by atoms with Crippen molar-refractivity contribution >= 4 is 19.6 Å². The summed E-state index contributed by atoms with van der Waals surface area (Å²) in [5.74, 6) is 0.00336. The SMILES string of the molecule is [B]N1CCC2(CC1)C(O)=CC(=O)N2c1ccccc1. The summed E-state index contributed by atoms with van der Waals surface area (Å²) in [7, 11) is 5.78. The first-order valence-electron chi connectivity index (χ1n) is 6.43. The highest BCUT2D eigenvalue weighted by Crippen LogP contribution is 2.41. The third-order valence-corrected chi connectivity index (χ3v) is 4.02. The Labute approximate surface area is 113 Å². The van der Waals surface area contributed by atoms with Crippen molar-refractivity contribution in [3.05, 3.63) is 42.2 Å². The van der Waals surface area contributed by atoms with E-state index < -0.39 is 5.54 Å². The van der Waals surface area contributed by atoms with Gasteiger partial charge in [-0.3, -0.25) is 9.69 Å². The first kappa shape index (κ1) is 12.3. The lowest BCUT2D eigenvalue weighted by Gasteiger charge is -2.44. The van der Waals surface area contributed by atoms with E-state index in [2.05, 4.69) is 0 Å². The van der Waals surface area contributed by atoms with Gasteiger partial charge in [0.15, 0.2) is 7.98 Å². The van der Waals surface area contributed by atoms with Crippen LogP contribution in [0.25, 0.3) is 0 Å². The molecule has 19 heavy (non-hydrogen) atoms. The van der Waals surface area contributed by atoms with Crippen LogP contribution in [0.15, 0.2) is 42.2 Å². The van der Waals surface area contributed by atoms with Crippen molar-refractivity contribution < 1.29 is 9.90 Å². The van der Waals surface area contributed by atoms with Gasteiger partial charge in [0.1, 0.15) is 11.3 Å². The minimum absolute atomic E-state index is 0.158. The standard InChI is InChI=1S/C14H15BN2O2/c15-16-8-6-14(7-9-16)12(18)10-13(19)17(14)11-4-2-1-3-5-11/h1-5,10,18H,6-9H2. The lowest BCUT2D eigenvalue weighted by Crippen LogP contribution is -2.55. The molecule has 0 aromatic heterocycles. The van der Waals surface area contributed by atoms with Crippen LogP contribution in [-0.4, -0.2) is 42.4 Å². The number of rotatable bonds is 1. The topological polar surface area (TPSA) is 43.8 Å². The first-order chi connectivity index (χ1) is 9.13. The lowest BCUT2D eigenvalue weighted by molar-refractivity contribution is -0.114. The minimum Gasteiger partial charge on any atom is -0.510 e. The number of hydrogen-bond donors (Lipinski definition) is 1. The fourth-order valence-corrected chi connectivity index (χ4v) is 2.97. The number of amides is 1. The summed E-state index contributed by atoms with van der Waals surface area (Å²) in [6.07, 6.45) is 2.62. The molecule has 2 radical (unpaired) electrons. The van der Waals surface area contributed by atoms with E-state index in [1.807, 2.05) is 30.3 Å². The monoisotopic (exact) mass is 254 g/mol. The Hall–Kier alpha value is -1.75. The summed E-state index contributed by atoms with van der Waals surface area (Å²) >= 11 is 0. The Kier molecular flexibility index (Phi) is 2.86. The third kappa shape index (κ3) is 1.85. The van der Waals surface area contributed by atoms with Crippen molar-refractivity contribution in [2.75, 3.05) is 18.0 Å². The van der Waals surface area contributed by atoms with Crippen molar-refractivity contribution in [1.29, 1.82) is 0 Å². The molecule has 0 saturated carbocycles. The van der Waals surface area contributed by atoms with Gasteiger partial charge in [0.25, 0.3) is 5.91 Å². The molecule has 0 bridgehead atoms. The van der Waals surface area contributed by atoms with Gasteiger partial charge in [0.2, 0.25) is 0 Å². The summed E-state index contributed by atoms with van der Waals surface area (Å²) in [5, 5.41) is 10.2. The molecule has 96 valence electrons. The molecule has 1 aromatic carbocycles. The van der Waals surface area contributed by atoms with Crippen molar-refractivity contribution in [3.63, 3.8) is 0 Å². The molecule has 0 aliphatic carbocycles. The molecule has 4 nitrogen and oxygen atoms in total. The maximum absolute atomic E-state index is 12.2. The van der Waals surface area contributed by atoms with Crippen LogP contribution >= 0.6 is 0 Å². The molecule has 0 atom stereocenters. The van der Waals surface area contributed by atoms with Crippen LogP contribution in [0.5, 0.6) is 0 Å². The fraction of sp³-hybridized carbons (Fsp3) is 0.357. The zero-order valence-corrected chi connectivity index (χ0v) is 10.6. The van der Waals surface area contributed by atoms with Crippen LogP contribution in [0.1, 0.15) is 12.8 Å². The summed E-state index contributed by atoms with van der Waals surface area (Å²) in [6.45, 7) is 1.32. The second-order valence-electron chi connectivity index (χ2n) is 5.11. The molecule has 1 N–H and O–H groups in total. The second kappa shape index (κ2) is 4.42. The van der Waals surface area contributed by atoms with Crippen molar-refractivity contribution in [3.8, 4) is 0 Å². The predicted molar refractivity (Wildman–Crippen MR) is 73.9 cm³/mol. The van der Waals surface area contributed by atoms with Crippen molar-refractivity contribution in [1.82, 2.24) is 4.81 Å². The van der Waals surface area contributed by atoms with E-state index in [4.69, 9.17) is 7.98 Å². The number of hydrogen-bond acceptors (Lipinski definition) is 3. The van der Waals surface area contributed by atoms with Gasteiger partial charge in [-0.15, -0.1) is 0 Å². The average molecular weight is 254 g/mol. The van der Waals surface area contributed by atoms with Crippen LogP contribution in [0.4, 0.5) is 5.69 Å². The quantitative estimate of drug-likeness (QED) is 0.770. The van der Waals surface area contributed by atoms with Crippen LogP contribution in [0, 0.1) is 0 Å². The molecule has 1 spiro atoms. The van der Waals surface area contributed by atoms with Gasteiger partial charge >= 0.3 is 0 Å². The maximum Gasteiger partial charge on any atom is 0.255 e. The summed E-state index contributed by atoms with van der Waals surface area (Å²) < 4.78 is 0. The number of nitrogens with zero attached hydrogens (tertiary/aromatic N) is 2. The highest BCUT2D eigenvalue weighted by molar-refractivity contribution is 6.07. The fourth-order valence-electron chi connectivity index (χ4n) is 2.97. The molecule has 1 amide bonds. The number of para-hydroxylation sites is 1. The van der Waals surface area contributed by atoms with Crippen LogP contribution in [0.2, 0.25) is 0 Å². The average Bonchev–Trinajstić information content (AvgIpc) is 2.65. The Bertz CT molecular complexity index is 522. The first-order valence-corrected chi connectivity index (χ1v) is 6.43. The van der Waals surface area contributed by atoms with Crippen molar-refractivity contribution in [2.24, 2.45) is 0 Å². The Morgan fingerprint density at radius 3 is 2.42 bits per heavy atom. The van der Waals surface area contributed by atoms with Gasteiger partial charge in [-0.25, -0.2) is 0 Å². The van der Waals surface area contributed by atoms with E-state index in [9.17, 15) is 9.90 Å². The molecule has 0 unspecified atom stereocenters.